The van der Waals surface area contributed by atoms with E-state index < -0.39 is 12.0 Å². The summed E-state index contributed by atoms with van der Waals surface area (Å²) in [6, 6.07) is 0.585. The highest BCUT2D eigenvalue weighted by Gasteiger charge is 2.37. The van der Waals surface area contributed by atoms with E-state index in [2.05, 4.69) is 19.6 Å². The van der Waals surface area contributed by atoms with Gasteiger partial charge in [0.05, 0.1) is 0 Å². The highest BCUT2D eigenvalue weighted by molar-refractivity contribution is 7.09. The number of anilines is 1. The van der Waals surface area contributed by atoms with Crippen molar-refractivity contribution in [3.05, 3.63) is 5.82 Å². The van der Waals surface area contributed by atoms with Gasteiger partial charge in [0.15, 0.2) is 0 Å². The summed E-state index contributed by atoms with van der Waals surface area (Å²) in [5.74, 6) is -1.03. The lowest BCUT2D eigenvalue weighted by atomic mass is 10.1. The van der Waals surface area contributed by atoms with Crippen LogP contribution in [0.4, 0.5) is 18.3 Å². The summed E-state index contributed by atoms with van der Waals surface area (Å²) in [7, 11) is 0. The van der Waals surface area contributed by atoms with Crippen molar-refractivity contribution >= 4 is 16.7 Å². The molecule has 2 fully saturated rings. The number of aromatic nitrogens is 2. The number of nitrogens with zero attached hydrogens (tertiary/aromatic N) is 4. The first-order valence-corrected chi connectivity index (χ1v) is 6.92. The zero-order valence-electron chi connectivity index (χ0n) is 10.2. The van der Waals surface area contributed by atoms with E-state index in [1.165, 1.54) is 0 Å². The van der Waals surface area contributed by atoms with Gasteiger partial charge < -0.3 is 10.2 Å². The summed E-state index contributed by atoms with van der Waals surface area (Å²) in [6.07, 6.45) is -4.45. The van der Waals surface area contributed by atoms with Crippen LogP contribution >= 0.6 is 11.5 Å². The average Bonchev–Trinajstić information content (AvgIpc) is 2.76. The maximum atomic E-state index is 12.4. The SMILES string of the molecule is FC(F)(F)c1nsc(N2CCN(C3CNC3)CC2)n1. The van der Waals surface area contributed by atoms with Gasteiger partial charge in [0, 0.05) is 56.8 Å². The van der Waals surface area contributed by atoms with Crippen LogP contribution in [0.5, 0.6) is 0 Å². The molecule has 0 spiro atoms. The lowest BCUT2D eigenvalue weighted by Gasteiger charge is -2.43. The number of piperazine rings is 1. The molecule has 5 nitrogen and oxygen atoms in total. The van der Waals surface area contributed by atoms with Crippen LogP contribution in [-0.4, -0.2) is 59.6 Å². The third-order valence-electron chi connectivity index (χ3n) is 3.53. The maximum absolute atomic E-state index is 12.4. The van der Waals surface area contributed by atoms with Gasteiger partial charge in [-0.2, -0.15) is 22.5 Å². The van der Waals surface area contributed by atoms with E-state index in [1.54, 1.807) is 0 Å². The first-order valence-electron chi connectivity index (χ1n) is 6.14. The molecule has 1 N–H and O–H groups in total. The topological polar surface area (TPSA) is 44.3 Å². The molecule has 2 saturated heterocycles. The number of rotatable bonds is 2. The minimum absolute atomic E-state index is 0.374. The van der Waals surface area contributed by atoms with Crippen molar-refractivity contribution < 1.29 is 13.2 Å². The zero-order valence-corrected chi connectivity index (χ0v) is 11.0. The van der Waals surface area contributed by atoms with Gasteiger partial charge in [0.25, 0.3) is 0 Å². The van der Waals surface area contributed by atoms with Crippen molar-refractivity contribution in [2.24, 2.45) is 0 Å². The van der Waals surface area contributed by atoms with Crippen molar-refractivity contribution in [2.75, 3.05) is 44.2 Å². The Morgan fingerprint density at radius 1 is 1.16 bits per heavy atom. The van der Waals surface area contributed by atoms with Crippen molar-refractivity contribution in [3.8, 4) is 0 Å². The van der Waals surface area contributed by atoms with Crippen molar-refractivity contribution in [1.29, 1.82) is 0 Å². The van der Waals surface area contributed by atoms with Crippen LogP contribution in [0.1, 0.15) is 5.82 Å². The van der Waals surface area contributed by atoms with Gasteiger partial charge in [0.1, 0.15) is 0 Å². The van der Waals surface area contributed by atoms with E-state index in [4.69, 9.17) is 0 Å². The molecule has 0 radical (unpaired) electrons. The molecule has 0 aromatic carbocycles. The second-order valence-corrected chi connectivity index (χ2v) is 5.46. The Bertz CT molecular complexity index is 437. The van der Waals surface area contributed by atoms with Gasteiger partial charge in [-0.05, 0) is 0 Å². The second kappa shape index (κ2) is 4.88. The fourth-order valence-electron chi connectivity index (χ4n) is 2.27. The number of nitrogens with one attached hydrogen (secondary N) is 1. The summed E-state index contributed by atoms with van der Waals surface area (Å²) in [5.41, 5.74) is 0. The smallest absolute Gasteiger partial charge is 0.344 e. The first-order chi connectivity index (χ1) is 9.04. The molecule has 0 unspecified atom stereocenters. The van der Waals surface area contributed by atoms with Gasteiger partial charge in [-0.15, -0.1) is 0 Å². The minimum Gasteiger partial charge on any atom is -0.344 e. The maximum Gasteiger partial charge on any atom is 0.452 e. The predicted octanol–water partition coefficient (Wildman–Crippen LogP) is 0.651. The Balaban J connectivity index is 1.60. The lowest BCUT2D eigenvalue weighted by Crippen LogP contribution is -2.61. The molecule has 106 valence electrons. The van der Waals surface area contributed by atoms with E-state index in [1.807, 2.05) is 4.90 Å². The molecular weight excluding hydrogens is 279 g/mol. The summed E-state index contributed by atoms with van der Waals surface area (Å²) < 4.78 is 40.7. The molecule has 0 saturated carbocycles. The number of hydrogen-bond donors (Lipinski definition) is 1. The standard InChI is InChI=1S/C10H14F3N5S/c11-10(12,13)8-15-9(19-16-8)18-3-1-17(2-4-18)7-5-14-6-7/h7,14H,1-6H2. The van der Waals surface area contributed by atoms with Gasteiger partial charge in [-0.1, -0.05) is 0 Å². The second-order valence-electron chi connectivity index (χ2n) is 4.73. The first kappa shape index (κ1) is 13.1. The fraction of sp³-hybridized carbons (Fsp3) is 0.800. The molecule has 2 aliphatic rings. The van der Waals surface area contributed by atoms with Gasteiger partial charge in [0.2, 0.25) is 11.0 Å². The largest absolute Gasteiger partial charge is 0.452 e. The normalized spacial score (nSPS) is 22.6. The molecule has 9 heteroatoms. The van der Waals surface area contributed by atoms with Crippen LogP contribution in [0, 0.1) is 0 Å². The Morgan fingerprint density at radius 3 is 2.32 bits per heavy atom. The summed E-state index contributed by atoms with van der Waals surface area (Å²) in [5, 5.41) is 3.59. The van der Waals surface area contributed by atoms with Crippen molar-refractivity contribution in [1.82, 2.24) is 19.6 Å². The molecule has 0 bridgehead atoms. The zero-order chi connectivity index (χ0) is 13.5. The Morgan fingerprint density at radius 2 is 1.84 bits per heavy atom. The summed E-state index contributed by atoms with van der Waals surface area (Å²) >= 11 is 0.826. The Labute approximate surface area is 112 Å². The van der Waals surface area contributed by atoms with Crippen molar-refractivity contribution in [3.63, 3.8) is 0 Å². The fourth-order valence-corrected chi connectivity index (χ4v) is 3.01. The predicted molar refractivity (Wildman–Crippen MR) is 65.4 cm³/mol. The number of halogens is 3. The molecule has 3 rings (SSSR count). The third kappa shape index (κ3) is 2.67. The molecule has 1 aromatic rings. The Kier molecular flexibility index (Phi) is 3.35. The number of hydrogen-bond acceptors (Lipinski definition) is 6. The van der Waals surface area contributed by atoms with Crippen LogP contribution in [0.25, 0.3) is 0 Å². The van der Waals surface area contributed by atoms with Crippen LogP contribution in [-0.2, 0) is 6.18 Å². The van der Waals surface area contributed by atoms with Gasteiger partial charge >= 0.3 is 6.18 Å². The molecule has 0 atom stereocenters. The summed E-state index contributed by atoms with van der Waals surface area (Å²) in [4.78, 5) is 7.84. The molecule has 1 aromatic heterocycles. The highest BCUT2D eigenvalue weighted by Crippen LogP contribution is 2.30. The van der Waals surface area contributed by atoms with E-state index >= 15 is 0 Å². The molecule has 3 heterocycles. The van der Waals surface area contributed by atoms with Crippen LogP contribution in [0.15, 0.2) is 0 Å². The van der Waals surface area contributed by atoms with Gasteiger partial charge in [-0.3, -0.25) is 4.90 Å². The van der Waals surface area contributed by atoms with Crippen molar-refractivity contribution in [2.45, 2.75) is 12.2 Å². The molecule has 0 amide bonds. The Hall–Kier alpha value is -0.930. The molecule has 0 aliphatic carbocycles. The minimum atomic E-state index is -4.45. The highest BCUT2D eigenvalue weighted by atomic mass is 32.1. The van der Waals surface area contributed by atoms with E-state index in [0.29, 0.717) is 24.3 Å². The molecule has 19 heavy (non-hydrogen) atoms. The van der Waals surface area contributed by atoms with Crippen LogP contribution in [0.3, 0.4) is 0 Å². The summed E-state index contributed by atoms with van der Waals surface area (Å²) in [6.45, 7) is 5.18. The molecular formula is C10H14F3N5S. The lowest BCUT2D eigenvalue weighted by molar-refractivity contribution is -0.144. The van der Waals surface area contributed by atoms with Gasteiger partial charge in [-0.25, -0.2) is 0 Å². The van der Waals surface area contributed by atoms with E-state index in [0.717, 1.165) is 37.7 Å². The average molecular weight is 293 g/mol. The quantitative estimate of drug-likeness (QED) is 0.867. The molecule has 2 aliphatic heterocycles. The van der Waals surface area contributed by atoms with E-state index in [-0.39, 0.29) is 0 Å². The third-order valence-corrected chi connectivity index (χ3v) is 4.31. The monoisotopic (exact) mass is 293 g/mol. The number of alkyl halides is 3. The van der Waals surface area contributed by atoms with E-state index in [9.17, 15) is 13.2 Å². The van der Waals surface area contributed by atoms with Crippen LogP contribution in [0.2, 0.25) is 0 Å². The van der Waals surface area contributed by atoms with Crippen LogP contribution < -0.4 is 10.2 Å².